The van der Waals surface area contributed by atoms with E-state index in [0.717, 1.165) is 29.9 Å². The molecule has 2 aromatic heterocycles. The zero-order chi connectivity index (χ0) is 23.5. The lowest BCUT2D eigenvalue weighted by atomic mass is 10.2. The summed E-state index contributed by atoms with van der Waals surface area (Å²) >= 11 is 0.966. The number of sulfone groups is 1. The van der Waals surface area contributed by atoms with E-state index in [2.05, 4.69) is 9.71 Å². The molecule has 2 atom stereocenters. The number of nitrogens with zero attached hydrogens (tertiary/aromatic N) is 1. The van der Waals surface area contributed by atoms with E-state index in [0.29, 0.717) is 29.0 Å². The smallest absolute Gasteiger partial charge is 0.490 e. The molecule has 0 radical (unpaired) electrons. The summed E-state index contributed by atoms with van der Waals surface area (Å²) in [4.78, 5) is 14.9. The van der Waals surface area contributed by atoms with Gasteiger partial charge in [0.15, 0.2) is 14.9 Å². The first-order valence-electron chi connectivity index (χ1n) is 8.85. The highest BCUT2D eigenvalue weighted by atomic mass is 32.2. The third kappa shape index (κ3) is 6.05. The molecule has 0 aliphatic rings. The highest BCUT2D eigenvalue weighted by Gasteiger charge is 2.29. The molecule has 3 rings (SSSR count). The third-order valence-electron chi connectivity index (χ3n) is 4.01. The molecule has 32 heavy (non-hydrogen) atoms. The van der Waals surface area contributed by atoms with E-state index >= 15 is 0 Å². The minimum atomic E-state index is -4.21. The van der Waals surface area contributed by atoms with Crippen molar-refractivity contribution in [2.45, 2.75) is 15.5 Å². The Kier molecular flexibility index (Phi) is 7.57. The molecule has 0 amide bonds. The van der Waals surface area contributed by atoms with Gasteiger partial charge in [-0.1, -0.05) is 6.07 Å². The Hall–Kier alpha value is -2.03. The van der Waals surface area contributed by atoms with Crippen molar-refractivity contribution in [1.82, 2.24) is 9.71 Å². The minimum Gasteiger partial charge on any atom is -0.566 e. The van der Waals surface area contributed by atoms with Crippen molar-refractivity contribution in [3.05, 3.63) is 48.2 Å². The van der Waals surface area contributed by atoms with E-state index in [1.807, 2.05) is 0 Å². The van der Waals surface area contributed by atoms with Crippen LogP contribution in [-0.4, -0.2) is 41.2 Å². The average Bonchev–Trinajstić information content (AvgIpc) is 3.15. The number of hydrogen-bond donors (Lipinski definition) is 2. The number of ether oxygens (including phenoxy) is 1. The van der Waals surface area contributed by atoms with Gasteiger partial charge in [0.05, 0.1) is 0 Å². The maximum atomic E-state index is 12.9. The standard InChI is InChI=1S/C17H18N3O8PS3/c1-31(23,24)15-5-2-11(10-19-15)17(28-29(21)22)20-32(25,26)16-9-12-8-13(27-7-6-18)3-4-14(12)30-16/h2-5,8-10,17,20H,6-7,18H2,1H3. The molecule has 0 fully saturated rings. The molecule has 0 saturated carbocycles. The largest absolute Gasteiger partial charge is 0.566 e. The lowest BCUT2D eigenvalue weighted by Crippen LogP contribution is -2.29. The van der Waals surface area contributed by atoms with E-state index in [-0.39, 0.29) is 14.8 Å². The Labute approximate surface area is 189 Å². The SMILES string of the molecule is CS(=O)(=O)c1ccc(C(NS(=O)(=O)c2cc3cc(OCCN)ccc3s2)O[P+](=O)[O-])cn1. The summed E-state index contributed by atoms with van der Waals surface area (Å²) in [5.41, 5.74) is 5.41. The maximum Gasteiger partial charge on any atom is 0.490 e. The second-order valence-corrected chi connectivity index (χ2v) is 12.1. The number of thiophene rings is 1. The van der Waals surface area contributed by atoms with Crippen molar-refractivity contribution < 1.29 is 35.6 Å². The monoisotopic (exact) mass is 519 g/mol. The van der Waals surface area contributed by atoms with Crippen LogP contribution >= 0.6 is 19.6 Å². The first-order chi connectivity index (χ1) is 15.0. The molecule has 2 heterocycles. The molecule has 0 saturated heterocycles. The fraction of sp³-hybridized carbons (Fsp3) is 0.235. The van der Waals surface area contributed by atoms with E-state index in [1.165, 1.54) is 12.1 Å². The highest BCUT2D eigenvalue weighted by Crippen LogP contribution is 2.33. The predicted molar refractivity (Wildman–Crippen MR) is 115 cm³/mol. The number of sulfonamides is 1. The summed E-state index contributed by atoms with van der Waals surface area (Å²) in [6.45, 7) is 0.634. The fourth-order valence-electron chi connectivity index (χ4n) is 2.60. The van der Waals surface area contributed by atoms with Crippen LogP contribution in [0.1, 0.15) is 11.8 Å². The van der Waals surface area contributed by atoms with Crippen molar-refractivity contribution in [2.75, 3.05) is 19.4 Å². The van der Waals surface area contributed by atoms with Gasteiger partial charge in [-0.2, -0.15) is 4.72 Å². The van der Waals surface area contributed by atoms with Gasteiger partial charge in [-0.05, 0) is 40.3 Å². The zero-order valence-corrected chi connectivity index (χ0v) is 19.8. The summed E-state index contributed by atoms with van der Waals surface area (Å²) in [5.74, 6) is 0.527. The molecule has 3 aromatic rings. The first-order valence-corrected chi connectivity index (χ1v) is 14.1. The van der Waals surface area contributed by atoms with Crippen LogP contribution in [0.2, 0.25) is 0 Å². The molecule has 172 valence electrons. The Morgan fingerprint density at radius 2 is 1.97 bits per heavy atom. The van der Waals surface area contributed by atoms with Gasteiger partial charge in [-0.3, -0.25) is 0 Å². The number of pyridine rings is 1. The number of fused-ring (bicyclic) bond motifs is 1. The van der Waals surface area contributed by atoms with E-state index in [9.17, 15) is 26.3 Å². The van der Waals surface area contributed by atoms with Crippen LogP contribution < -0.4 is 20.1 Å². The quantitative estimate of drug-likeness (QED) is 0.290. The second-order valence-electron chi connectivity index (χ2n) is 6.43. The molecule has 0 aliphatic carbocycles. The van der Waals surface area contributed by atoms with Crippen LogP contribution in [0.5, 0.6) is 5.75 Å². The average molecular weight is 520 g/mol. The van der Waals surface area contributed by atoms with E-state index in [4.69, 9.17) is 15.0 Å². The Morgan fingerprint density at radius 3 is 2.56 bits per heavy atom. The van der Waals surface area contributed by atoms with Gasteiger partial charge < -0.3 is 15.4 Å². The summed E-state index contributed by atoms with van der Waals surface area (Å²) in [7, 11) is -11.3. The van der Waals surface area contributed by atoms with Crippen molar-refractivity contribution in [1.29, 1.82) is 0 Å². The number of benzene rings is 1. The highest BCUT2D eigenvalue weighted by molar-refractivity contribution is 7.91. The van der Waals surface area contributed by atoms with Crippen LogP contribution in [-0.2, 0) is 28.9 Å². The van der Waals surface area contributed by atoms with Crippen LogP contribution in [0.15, 0.2) is 51.8 Å². The number of hydrogen-bond acceptors (Lipinski definition) is 11. The predicted octanol–water partition coefficient (Wildman–Crippen LogP) is 1.05. The van der Waals surface area contributed by atoms with Gasteiger partial charge in [0.25, 0.3) is 10.0 Å². The van der Waals surface area contributed by atoms with Crippen molar-refractivity contribution in [3.63, 3.8) is 0 Å². The Morgan fingerprint density at radius 1 is 1.22 bits per heavy atom. The summed E-state index contributed by atoms with van der Waals surface area (Å²) in [5, 5.41) is 0.350. The van der Waals surface area contributed by atoms with Crippen LogP contribution in [0.4, 0.5) is 0 Å². The fourth-order valence-corrected chi connectivity index (χ4v) is 6.07. The Balaban J connectivity index is 1.90. The van der Waals surface area contributed by atoms with Gasteiger partial charge >= 0.3 is 8.25 Å². The molecule has 0 spiro atoms. The van der Waals surface area contributed by atoms with Gasteiger partial charge in [-0.15, -0.1) is 15.9 Å². The zero-order valence-electron chi connectivity index (χ0n) is 16.5. The van der Waals surface area contributed by atoms with Gasteiger partial charge in [0.1, 0.15) is 16.6 Å². The number of nitrogens with two attached hydrogens (primary N) is 1. The molecular weight excluding hydrogens is 501 g/mol. The molecule has 3 N–H and O–H groups in total. The van der Waals surface area contributed by atoms with Crippen LogP contribution in [0, 0.1) is 0 Å². The minimum absolute atomic E-state index is 0.00115. The van der Waals surface area contributed by atoms with Gasteiger partial charge in [0, 0.05) is 29.3 Å². The molecular formula is C17H18N3O8PS3. The van der Waals surface area contributed by atoms with Crippen molar-refractivity contribution in [2.24, 2.45) is 5.73 Å². The van der Waals surface area contributed by atoms with E-state index in [1.54, 1.807) is 18.2 Å². The Bertz CT molecular complexity index is 1340. The molecule has 0 bridgehead atoms. The topological polar surface area (TPSA) is 178 Å². The first kappa shape index (κ1) is 24.6. The summed E-state index contributed by atoms with van der Waals surface area (Å²) < 4.78 is 73.0. The molecule has 11 nitrogen and oxygen atoms in total. The normalized spacial score (nSPS) is 13.8. The van der Waals surface area contributed by atoms with Gasteiger partial charge in [-0.25, -0.2) is 21.8 Å². The maximum absolute atomic E-state index is 12.9. The van der Waals surface area contributed by atoms with Crippen LogP contribution in [0.3, 0.4) is 0 Å². The third-order valence-corrected chi connectivity index (χ3v) is 8.39. The number of rotatable bonds is 10. The summed E-state index contributed by atoms with van der Waals surface area (Å²) in [6.07, 6.45) is 0.332. The van der Waals surface area contributed by atoms with Crippen molar-refractivity contribution in [3.8, 4) is 5.75 Å². The lowest BCUT2D eigenvalue weighted by Gasteiger charge is -2.14. The number of nitrogens with one attached hydrogen (secondary N) is 1. The van der Waals surface area contributed by atoms with Gasteiger partial charge in [0.2, 0.25) is 6.23 Å². The molecule has 2 unspecified atom stereocenters. The second kappa shape index (κ2) is 9.85. The molecule has 1 aromatic carbocycles. The van der Waals surface area contributed by atoms with E-state index < -0.39 is 34.3 Å². The molecule has 15 heteroatoms. The number of aromatic nitrogens is 1. The lowest BCUT2D eigenvalue weighted by molar-refractivity contribution is -0.190. The van der Waals surface area contributed by atoms with Crippen molar-refractivity contribution >= 4 is 49.5 Å². The summed E-state index contributed by atoms with van der Waals surface area (Å²) in [6, 6.07) is 8.78. The molecule has 0 aliphatic heterocycles. The van der Waals surface area contributed by atoms with Crippen LogP contribution in [0.25, 0.3) is 10.1 Å².